The number of anilines is 3. The fraction of sp³-hybridized carbons (Fsp3) is 0.320. The van der Waals surface area contributed by atoms with Gasteiger partial charge in [-0.2, -0.15) is 0 Å². The first kappa shape index (κ1) is 21.9. The highest BCUT2D eigenvalue weighted by Crippen LogP contribution is 2.18. The lowest BCUT2D eigenvalue weighted by Crippen LogP contribution is -2.43. The Labute approximate surface area is 189 Å². The average molecular weight is 431 g/mol. The summed E-state index contributed by atoms with van der Waals surface area (Å²) in [5.41, 5.74) is 5.17. The van der Waals surface area contributed by atoms with Crippen LogP contribution in [0, 0.1) is 13.8 Å². The first-order valence-electron chi connectivity index (χ1n) is 11.0. The van der Waals surface area contributed by atoms with Gasteiger partial charge in [0.05, 0.1) is 0 Å². The molecule has 4 rings (SSSR count). The molecular formula is C25H30N6O. The number of amides is 1. The molecule has 0 bridgehead atoms. The van der Waals surface area contributed by atoms with Crippen LogP contribution in [0.15, 0.2) is 54.6 Å². The highest BCUT2D eigenvalue weighted by molar-refractivity contribution is 6.04. The molecule has 2 heterocycles. The zero-order valence-corrected chi connectivity index (χ0v) is 18.9. The number of benzene rings is 2. The van der Waals surface area contributed by atoms with Gasteiger partial charge >= 0.3 is 0 Å². The second-order valence-electron chi connectivity index (χ2n) is 8.41. The largest absolute Gasteiger partial charge is 0.324 e. The van der Waals surface area contributed by atoms with E-state index < -0.39 is 0 Å². The number of nitrogens with one attached hydrogen (secondary N) is 2. The second-order valence-corrected chi connectivity index (χ2v) is 8.41. The van der Waals surface area contributed by atoms with Gasteiger partial charge in [-0.1, -0.05) is 18.2 Å². The number of carbonyl (C=O) groups is 1. The maximum Gasteiger partial charge on any atom is 0.255 e. The Kier molecular flexibility index (Phi) is 6.78. The summed E-state index contributed by atoms with van der Waals surface area (Å²) in [6, 6.07) is 17.4. The van der Waals surface area contributed by atoms with Crippen LogP contribution in [-0.4, -0.2) is 58.9 Å². The zero-order chi connectivity index (χ0) is 22.5. The van der Waals surface area contributed by atoms with Crippen LogP contribution in [0.25, 0.3) is 0 Å². The molecule has 32 heavy (non-hydrogen) atoms. The van der Waals surface area contributed by atoms with Crippen LogP contribution in [0.3, 0.4) is 0 Å². The Balaban J connectivity index is 1.36. The van der Waals surface area contributed by atoms with E-state index in [-0.39, 0.29) is 5.91 Å². The van der Waals surface area contributed by atoms with Crippen LogP contribution in [0.5, 0.6) is 0 Å². The molecule has 7 nitrogen and oxygen atoms in total. The smallest absolute Gasteiger partial charge is 0.255 e. The number of piperazine rings is 1. The van der Waals surface area contributed by atoms with E-state index in [4.69, 9.17) is 0 Å². The van der Waals surface area contributed by atoms with E-state index in [9.17, 15) is 4.79 Å². The summed E-state index contributed by atoms with van der Waals surface area (Å²) in [5.74, 6) is 0.373. The molecule has 0 unspecified atom stereocenters. The van der Waals surface area contributed by atoms with Gasteiger partial charge in [-0.05, 0) is 62.9 Å². The third kappa shape index (κ3) is 5.90. The maximum atomic E-state index is 12.8. The highest BCUT2D eigenvalue weighted by atomic mass is 16.1. The fourth-order valence-corrected chi connectivity index (χ4v) is 3.81. The van der Waals surface area contributed by atoms with Crippen molar-refractivity contribution in [1.29, 1.82) is 0 Å². The van der Waals surface area contributed by atoms with E-state index in [0.717, 1.165) is 55.5 Å². The van der Waals surface area contributed by atoms with Crippen molar-refractivity contribution in [2.75, 3.05) is 43.9 Å². The molecule has 2 aromatic carbocycles. The van der Waals surface area contributed by atoms with Crippen LogP contribution in [0.4, 0.5) is 17.3 Å². The third-order valence-corrected chi connectivity index (χ3v) is 5.58. The minimum Gasteiger partial charge on any atom is -0.324 e. The predicted octanol–water partition coefficient (Wildman–Crippen LogP) is 3.84. The highest BCUT2D eigenvalue weighted by Gasteiger charge is 2.14. The molecule has 2 N–H and O–H groups in total. The normalized spacial score (nSPS) is 14.8. The Morgan fingerprint density at radius 2 is 1.59 bits per heavy atom. The summed E-state index contributed by atoms with van der Waals surface area (Å²) in [6.45, 7) is 9.20. The molecule has 1 aliphatic rings. The molecule has 166 valence electrons. The minimum atomic E-state index is -0.151. The molecule has 0 saturated carbocycles. The van der Waals surface area contributed by atoms with Crippen molar-refractivity contribution in [3.8, 4) is 0 Å². The number of aromatic nitrogens is 2. The molecule has 0 aliphatic carbocycles. The molecule has 1 aromatic heterocycles. The Morgan fingerprint density at radius 1 is 0.906 bits per heavy atom. The summed E-state index contributed by atoms with van der Waals surface area (Å²) in [5, 5.41) is 6.17. The lowest BCUT2D eigenvalue weighted by molar-refractivity contribution is 0.102. The zero-order valence-electron chi connectivity index (χ0n) is 18.9. The quantitative estimate of drug-likeness (QED) is 0.619. The summed E-state index contributed by atoms with van der Waals surface area (Å²) < 4.78 is 0. The topological polar surface area (TPSA) is 73.4 Å². The van der Waals surface area contributed by atoms with Crippen molar-refractivity contribution in [1.82, 2.24) is 19.8 Å². The third-order valence-electron chi connectivity index (χ3n) is 5.58. The van der Waals surface area contributed by atoms with Gasteiger partial charge in [-0.15, -0.1) is 0 Å². The monoisotopic (exact) mass is 430 g/mol. The standard InChI is InChI=1S/C25H30N6O/c1-18-15-19(2)27-25(26-18)29-23-6-4-5-21(16-23)24(32)28-22-9-7-20(8-10-22)17-31-13-11-30(3)12-14-31/h4-10,15-16H,11-14,17H2,1-3H3,(H,28,32)(H,26,27,29). The van der Waals surface area contributed by atoms with Gasteiger partial charge in [-0.3, -0.25) is 9.69 Å². The molecule has 0 atom stereocenters. The number of hydrogen-bond donors (Lipinski definition) is 2. The van der Waals surface area contributed by atoms with Crippen LogP contribution in [-0.2, 0) is 6.54 Å². The van der Waals surface area contributed by atoms with Crippen molar-refractivity contribution in [3.63, 3.8) is 0 Å². The van der Waals surface area contributed by atoms with Gasteiger partial charge in [0, 0.05) is 61.0 Å². The maximum absolute atomic E-state index is 12.8. The molecule has 3 aromatic rings. The van der Waals surface area contributed by atoms with E-state index in [1.807, 2.05) is 44.2 Å². The van der Waals surface area contributed by atoms with Gasteiger partial charge in [0.2, 0.25) is 5.95 Å². The molecule has 7 heteroatoms. The molecule has 1 aliphatic heterocycles. The second kappa shape index (κ2) is 9.89. The number of nitrogens with zero attached hydrogens (tertiary/aromatic N) is 4. The SMILES string of the molecule is Cc1cc(C)nc(Nc2cccc(C(=O)Nc3ccc(CN4CCN(C)CC4)cc3)c2)n1. The van der Waals surface area contributed by atoms with Crippen LogP contribution in [0.2, 0.25) is 0 Å². The minimum absolute atomic E-state index is 0.151. The fourth-order valence-electron chi connectivity index (χ4n) is 3.81. The van der Waals surface area contributed by atoms with E-state index in [0.29, 0.717) is 11.5 Å². The number of rotatable bonds is 6. The molecule has 0 radical (unpaired) electrons. The van der Waals surface area contributed by atoms with Gasteiger partial charge in [0.1, 0.15) is 0 Å². The van der Waals surface area contributed by atoms with E-state index >= 15 is 0 Å². The summed E-state index contributed by atoms with van der Waals surface area (Å²) in [4.78, 5) is 26.4. The average Bonchev–Trinajstić information content (AvgIpc) is 2.76. The van der Waals surface area contributed by atoms with Crippen molar-refractivity contribution in [2.45, 2.75) is 20.4 Å². The molecule has 1 saturated heterocycles. The van der Waals surface area contributed by atoms with Gasteiger partial charge < -0.3 is 15.5 Å². The van der Waals surface area contributed by atoms with Crippen molar-refractivity contribution >= 4 is 23.2 Å². The van der Waals surface area contributed by atoms with Gasteiger partial charge in [0.25, 0.3) is 5.91 Å². The molecule has 1 fully saturated rings. The van der Waals surface area contributed by atoms with Crippen molar-refractivity contribution < 1.29 is 4.79 Å². The lowest BCUT2D eigenvalue weighted by atomic mass is 10.1. The van der Waals surface area contributed by atoms with Gasteiger partial charge in [0.15, 0.2) is 0 Å². The Bertz CT molecular complexity index is 1050. The molecular weight excluding hydrogens is 400 g/mol. The van der Waals surface area contributed by atoms with E-state index in [1.54, 1.807) is 12.1 Å². The lowest BCUT2D eigenvalue weighted by Gasteiger charge is -2.32. The first-order valence-corrected chi connectivity index (χ1v) is 11.0. The number of carbonyl (C=O) groups excluding carboxylic acids is 1. The van der Waals surface area contributed by atoms with Crippen LogP contribution < -0.4 is 10.6 Å². The van der Waals surface area contributed by atoms with E-state index in [2.05, 4.69) is 49.6 Å². The van der Waals surface area contributed by atoms with Gasteiger partial charge in [-0.25, -0.2) is 9.97 Å². The van der Waals surface area contributed by atoms with Crippen molar-refractivity contribution in [3.05, 3.63) is 77.1 Å². The van der Waals surface area contributed by atoms with Crippen LogP contribution >= 0.6 is 0 Å². The predicted molar refractivity (Wildman–Crippen MR) is 128 cm³/mol. The summed E-state index contributed by atoms with van der Waals surface area (Å²) in [7, 11) is 2.16. The summed E-state index contributed by atoms with van der Waals surface area (Å²) in [6.07, 6.45) is 0. The Hall–Kier alpha value is -3.29. The van der Waals surface area contributed by atoms with Crippen LogP contribution in [0.1, 0.15) is 27.3 Å². The molecule has 1 amide bonds. The Morgan fingerprint density at radius 3 is 2.28 bits per heavy atom. The first-order chi connectivity index (χ1) is 15.4. The summed E-state index contributed by atoms with van der Waals surface area (Å²) >= 11 is 0. The molecule has 0 spiro atoms. The number of hydrogen-bond acceptors (Lipinski definition) is 6. The van der Waals surface area contributed by atoms with Crippen molar-refractivity contribution in [2.24, 2.45) is 0 Å². The number of likely N-dealkylation sites (N-methyl/N-ethyl adjacent to an activating group) is 1. The van der Waals surface area contributed by atoms with E-state index in [1.165, 1.54) is 5.56 Å². The number of aryl methyl sites for hydroxylation is 2.